The molecule has 2 aliphatic rings. The van der Waals surface area contributed by atoms with Gasteiger partial charge in [0, 0.05) is 31.4 Å². The standard InChI is InChI=1S/C21H26F2N4O2S/c22-19-7-5-16(14-20(19)23)25-30(28,29)18-6-8-21(24-15-18)27-12-3-4-17(9-13-27)26-10-1-2-11-26/h5-8,14-15,17,25H,1-4,9-13H2. The van der Waals surface area contributed by atoms with E-state index in [1.54, 1.807) is 6.07 Å². The molecule has 1 N–H and O–H groups in total. The fourth-order valence-electron chi connectivity index (χ4n) is 4.27. The Bertz CT molecular complexity index is 979. The maximum absolute atomic E-state index is 13.3. The lowest BCUT2D eigenvalue weighted by Crippen LogP contribution is -2.34. The fourth-order valence-corrected chi connectivity index (χ4v) is 5.27. The minimum Gasteiger partial charge on any atom is -0.357 e. The molecule has 4 rings (SSSR count). The van der Waals surface area contributed by atoms with Crippen LogP contribution in [0, 0.1) is 11.6 Å². The number of sulfonamides is 1. The maximum atomic E-state index is 13.3. The summed E-state index contributed by atoms with van der Waals surface area (Å²) in [7, 11) is -3.94. The van der Waals surface area contributed by atoms with Gasteiger partial charge in [-0.15, -0.1) is 0 Å². The molecule has 2 fully saturated rings. The third kappa shape index (κ3) is 4.73. The van der Waals surface area contributed by atoms with Gasteiger partial charge in [-0.25, -0.2) is 22.2 Å². The summed E-state index contributed by atoms with van der Waals surface area (Å²) in [5, 5.41) is 0. The molecule has 1 aromatic carbocycles. The van der Waals surface area contributed by atoms with E-state index in [9.17, 15) is 17.2 Å². The van der Waals surface area contributed by atoms with Gasteiger partial charge in [-0.3, -0.25) is 4.72 Å². The van der Waals surface area contributed by atoms with Crippen LogP contribution in [0.3, 0.4) is 0 Å². The van der Waals surface area contributed by atoms with Crippen molar-refractivity contribution in [1.82, 2.24) is 9.88 Å². The van der Waals surface area contributed by atoms with Crippen LogP contribution in [0.25, 0.3) is 0 Å². The number of nitrogens with one attached hydrogen (secondary N) is 1. The third-order valence-corrected chi connectivity index (χ3v) is 7.25. The van der Waals surface area contributed by atoms with E-state index in [0.717, 1.165) is 43.9 Å². The van der Waals surface area contributed by atoms with E-state index >= 15 is 0 Å². The molecule has 0 amide bonds. The summed E-state index contributed by atoms with van der Waals surface area (Å²) in [6, 6.07) is 6.68. The number of pyridine rings is 1. The van der Waals surface area contributed by atoms with Crippen LogP contribution < -0.4 is 9.62 Å². The van der Waals surface area contributed by atoms with Gasteiger partial charge >= 0.3 is 0 Å². The Hall–Kier alpha value is -2.26. The van der Waals surface area contributed by atoms with Crippen molar-refractivity contribution < 1.29 is 17.2 Å². The molecule has 2 saturated heterocycles. The Morgan fingerprint density at radius 1 is 0.933 bits per heavy atom. The summed E-state index contributed by atoms with van der Waals surface area (Å²) in [6.07, 6.45) is 7.23. The normalized spacial score (nSPS) is 20.9. The lowest BCUT2D eigenvalue weighted by molar-refractivity contribution is 0.225. The summed E-state index contributed by atoms with van der Waals surface area (Å²) in [6.45, 7) is 4.19. The Labute approximate surface area is 176 Å². The average molecular weight is 437 g/mol. The van der Waals surface area contributed by atoms with E-state index in [-0.39, 0.29) is 10.6 Å². The molecule has 2 aromatic rings. The number of anilines is 2. The van der Waals surface area contributed by atoms with E-state index in [2.05, 4.69) is 19.5 Å². The average Bonchev–Trinajstić information content (AvgIpc) is 3.15. The van der Waals surface area contributed by atoms with Crippen LogP contribution in [0.2, 0.25) is 0 Å². The zero-order chi connectivity index (χ0) is 21.1. The first-order valence-electron chi connectivity index (χ1n) is 10.4. The summed E-state index contributed by atoms with van der Waals surface area (Å²) < 4.78 is 53.7. The number of aromatic nitrogens is 1. The van der Waals surface area contributed by atoms with Gasteiger partial charge in [0.2, 0.25) is 0 Å². The van der Waals surface area contributed by atoms with Gasteiger partial charge in [0.05, 0.1) is 5.69 Å². The van der Waals surface area contributed by atoms with Crippen molar-refractivity contribution >= 4 is 21.5 Å². The number of likely N-dealkylation sites (tertiary alicyclic amines) is 1. The molecule has 1 aromatic heterocycles. The highest BCUT2D eigenvalue weighted by Gasteiger charge is 2.25. The molecule has 6 nitrogen and oxygen atoms in total. The minimum atomic E-state index is -3.94. The highest BCUT2D eigenvalue weighted by molar-refractivity contribution is 7.92. The quantitative estimate of drug-likeness (QED) is 0.776. The first-order valence-corrected chi connectivity index (χ1v) is 11.8. The number of hydrogen-bond acceptors (Lipinski definition) is 5. The molecular formula is C21H26F2N4O2S. The number of rotatable bonds is 5. The van der Waals surface area contributed by atoms with Crippen LogP contribution in [0.5, 0.6) is 0 Å². The van der Waals surface area contributed by atoms with Crippen LogP contribution in [0.1, 0.15) is 32.1 Å². The number of benzene rings is 1. The second kappa shape index (κ2) is 8.85. The summed E-state index contributed by atoms with van der Waals surface area (Å²) in [5.74, 6) is -1.39. The van der Waals surface area contributed by atoms with Gasteiger partial charge in [0.1, 0.15) is 10.7 Å². The molecule has 9 heteroatoms. The van der Waals surface area contributed by atoms with E-state index < -0.39 is 21.7 Å². The largest absolute Gasteiger partial charge is 0.357 e. The SMILES string of the molecule is O=S(=O)(Nc1ccc(F)c(F)c1)c1ccc(N2CCCC(N3CCCC3)CC2)nc1. The molecule has 162 valence electrons. The Morgan fingerprint density at radius 3 is 2.43 bits per heavy atom. The van der Waals surface area contributed by atoms with E-state index in [1.165, 1.54) is 50.7 Å². The Kier molecular flexibility index (Phi) is 6.19. The Morgan fingerprint density at radius 2 is 1.73 bits per heavy atom. The zero-order valence-corrected chi connectivity index (χ0v) is 17.5. The fraction of sp³-hybridized carbons (Fsp3) is 0.476. The number of hydrogen-bond donors (Lipinski definition) is 1. The molecule has 30 heavy (non-hydrogen) atoms. The van der Waals surface area contributed by atoms with E-state index in [0.29, 0.717) is 6.04 Å². The summed E-state index contributed by atoms with van der Waals surface area (Å²) in [4.78, 5) is 9.14. The topological polar surface area (TPSA) is 65.5 Å². The van der Waals surface area contributed by atoms with E-state index in [4.69, 9.17) is 0 Å². The molecule has 0 bridgehead atoms. The second-order valence-corrected chi connectivity index (χ2v) is 9.58. The highest BCUT2D eigenvalue weighted by atomic mass is 32.2. The summed E-state index contributed by atoms with van der Waals surface area (Å²) in [5.41, 5.74) is -0.0431. The molecular weight excluding hydrogens is 410 g/mol. The predicted octanol–water partition coefficient (Wildman–Crippen LogP) is 3.62. The van der Waals surface area contributed by atoms with Crippen LogP contribution in [0.4, 0.5) is 20.3 Å². The van der Waals surface area contributed by atoms with E-state index in [1.807, 2.05) is 0 Å². The first kappa shape index (κ1) is 21.0. The van der Waals surface area contributed by atoms with Crippen LogP contribution in [-0.4, -0.2) is 50.5 Å². The van der Waals surface area contributed by atoms with Crippen molar-refractivity contribution in [1.29, 1.82) is 0 Å². The van der Waals surface area contributed by atoms with Crippen molar-refractivity contribution in [3.63, 3.8) is 0 Å². The molecule has 3 heterocycles. The molecule has 0 aliphatic carbocycles. The zero-order valence-electron chi connectivity index (χ0n) is 16.7. The van der Waals surface area contributed by atoms with Crippen molar-refractivity contribution in [2.75, 3.05) is 35.8 Å². The van der Waals surface area contributed by atoms with Crippen molar-refractivity contribution in [3.8, 4) is 0 Å². The minimum absolute atomic E-state index is 0.0271. The number of halogens is 2. The molecule has 1 unspecified atom stereocenters. The summed E-state index contributed by atoms with van der Waals surface area (Å²) >= 11 is 0. The highest BCUT2D eigenvalue weighted by Crippen LogP contribution is 2.25. The molecule has 2 aliphatic heterocycles. The first-order chi connectivity index (χ1) is 14.4. The lowest BCUT2D eigenvalue weighted by atomic mass is 10.1. The molecule has 1 atom stereocenters. The van der Waals surface area contributed by atoms with Gasteiger partial charge in [-0.1, -0.05) is 0 Å². The smallest absolute Gasteiger partial charge is 0.263 e. The second-order valence-electron chi connectivity index (χ2n) is 7.90. The van der Waals surface area contributed by atoms with Gasteiger partial charge in [-0.2, -0.15) is 0 Å². The monoisotopic (exact) mass is 436 g/mol. The Balaban J connectivity index is 1.42. The van der Waals surface area contributed by atoms with Crippen molar-refractivity contribution in [2.24, 2.45) is 0 Å². The van der Waals surface area contributed by atoms with Crippen LogP contribution >= 0.6 is 0 Å². The third-order valence-electron chi connectivity index (χ3n) is 5.88. The van der Waals surface area contributed by atoms with Crippen LogP contribution in [0.15, 0.2) is 41.4 Å². The molecule has 0 saturated carbocycles. The van der Waals surface area contributed by atoms with Gasteiger partial charge < -0.3 is 9.80 Å². The number of nitrogens with zero attached hydrogens (tertiary/aromatic N) is 3. The molecule has 0 radical (unpaired) electrons. The maximum Gasteiger partial charge on any atom is 0.263 e. The van der Waals surface area contributed by atoms with Crippen molar-refractivity contribution in [3.05, 3.63) is 48.2 Å². The van der Waals surface area contributed by atoms with Gasteiger partial charge in [-0.05, 0) is 69.5 Å². The van der Waals surface area contributed by atoms with Gasteiger partial charge in [0.15, 0.2) is 11.6 Å². The lowest BCUT2D eigenvalue weighted by Gasteiger charge is -2.26. The van der Waals surface area contributed by atoms with Crippen molar-refractivity contribution in [2.45, 2.75) is 43.0 Å². The van der Waals surface area contributed by atoms with Gasteiger partial charge in [0.25, 0.3) is 10.0 Å². The van der Waals surface area contributed by atoms with Crippen LogP contribution in [-0.2, 0) is 10.0 Å². The molecule has 0 spiro atoms. The predicted molar refractivity (Wildman–Crippen MR) is 112 cm³/mol.